The summed E-state index contributed by atoms with van der Waals surface area (Å²) in [5.41, 5.74) is 5.45. The molecule has 0 radical (unpaired) electrons. The molecule has 4 heteroatoms. The predicted octanol–water partition coefficient (Wildman–Crippen LogP) is 0.00300. The summed E-state index contributed by atoms with van der Waals surface area (Å²) in [6, 6.07) is 0. The normalized spacial score (nSPS) is 26.3. The minimum atomic E-state index is -0.502. The average Bonchev–Trinajstić information content (AvgIpc) is 1.78. The van der Waals surface area contributed by atoms with Crippen LogP contribution < -0.4 is 5.64 Å². The van der Waals surface area contributed by atoms with E-state index in [4.69, 9.17) is 15.0 Å². The molecule has 1 aliphatic heterocycles. The Balaban J connectivity index is 2.35. The van der Waals surface area contributed by atoms with Gasteiger partial charge in [-0.05, 0) is 0 Å². The summed E-state index contributed by atoms with van der Waals surface area (Å²) >= 11 is 0. The Kier molecular flexibility index (Phi) is 1.79. The van der Waals surface area contributed by atoms with E-state index in [1.54, 1.807) is 0 Å². The Morgan fingerprint density at radius 3 is 2.11 bits per heavy atom. The van der Waals surface area contributed by atoms with Gasteiger partial charge in [0.25, 0.3) is 0 Å². The van der Waals surface area contributed by atoms with Crippen LogP contribution in [-0.2, 0) is 9.31 Å². The van der Waals surface area contributed by atoms with Crippen LogP contribution in [0.3, 0.4) is 0 Å². The first-order chi connectivity index (χ1) is 4.10. The minimum Gasteiger partial charge on any atom is -0.397 e. The van der Waals surface area contributed by atoms with Crippen molar-refractivity contribution in [2.24, 2.45) is 11.1 Å². The molecule has 1 heterocycles. The minimum absolute atomic E-state index is 0.135. The van der Waals surface area contributed by atoms with Gasteiger partial charge in [0.15, 0.2) is 0 Å². The first kappa shape index (κ1) is 7.06. The van der Waals surface area contributed by atoms with Crippen LogP contribution in [0.5, 0.6) is 0 Å². The van der Waals surface area contributed by atoms with Gasteiger partial charge in [0, 0.05) is 18.6 Å². The number of hydrogen-bond donors (Lipinski definition) is 1. The van der Waals surface area contributed by atoms with Crippen LogP contribution in [0.4, 0.5) is 0 Å². The molecule has 0 saturated carbocycles. The van der Waals surface area contributed by atoms with E-state index in [0.29, 0.717) is 13.2 Å². The summed E-state index contributed by atoms with van der Waals surface area (Å²) in [6.07, 6.45) is 0. The van der Waals surface area contributed by atoms with E-state index in [0.717, 1.165) is 0 Å². The van der Waals surface area contributed by atoms with Gasteiger partial charge in [-0.25, -0.2) is 0 Å². The molecular weight excluding hydrogens is 117 g/mol. The molecule has 52 valence electrons. The van der Waals surface area contributed by atoms with E-state index in [-0.39, 0.29) is 5.41 Å². The van der Waals surface area contributed by atoms with Crippen molar-refractivity contribution >= 4 is 7.25 Å². The largest absolute Gasteiger partial charge is 0.551 e. The van der Waals surface area contributed by atoms with Crippen LogP contribution in [0.25, 0.3) is 0 Å². The van der Waals surface area contributed by atoms with Crippen LogP contribution in [0.2, 0.25) is 0 Å². The molecule has 1 fully saturated rings. The second-order valence-corrected chi connectivity index (χ2v) is 3.15. The second-order valence-electron chi connectivity index (χ2n) is 3.15. The highest BCUT2D eigenvalue weighted by Crippen LogP contribution is 2.19. The van der Waals surface area contributed by atoms with Gasteiger partial charge in [-0.2, -0.15) is 0 Å². The molecule has 0 aromatic carbocycles. The Hall–Kier alpha value is -0.0551. The zero-order valence-corrected chi connectivity index (χ0v) is 5.89. The number of nitrogens with two attached hydrogens (primary N) is 1. The topological polar surface area (TPSA) is 44.5 Å². The van der Waals surface area contributed by atoms with Gasteiger partial charge >= 0.3 is 7.25 Å². The lowest BCUT2D eigenvalue weighted by molar-refractivity contribution is 0.0285. The van der Waals surface area contributed by atoms with Crippen molar-refractivity contribution in [3.63, 3.8) is 0 Å². The van der Waals surface area contributed by atoms with Crippen molar-refractivity contribution in [1.29, 1.82) is 0 Å². The van der Waals surface area contributed by atoms with Crippen LogP contribution in [0, 0.1) is 5.41 Å². The fourth-order valence-electron chi connectivity index (χ4n) is 0.705. The Morgan fingerprint density at radius 1 is 1.33 bits per heavy atom. The zero-order chi connectivity index (χ0) is 6.91. The Morgan fingerprint density at radius 2 is 1.78 bits per heavy atom. The van der Waals surface area contributed by atoms with Gasteiger partial charge in [-0.1, -0.05) is 13.8 Å². The third-order valence-electron chi connectivity index (χ3n) is 1.28. The summed E-state index contributed by atoms with van der Waals surface area (Å²) < 4.78 is 10.1. The molecule has 1 saturated heterocycles. The first-order valence-electron chi connectivity index (χ1n) is 3.09. The molecule has 0 bridgehead atoms. The molecular formula is C5H12BNO2. The highest BCUT2D eigenvalue weighted by atomic mass is 16.6. The summed E-state index contributed by atoms with van der Waals surface area (Å²) in [5, 5.41) is 0. The maximum Gasteiger partial charge on any atom is 0.551 e. The first-order valence-corrected chi connectivity index (χ1v) is 3.09. The standard InChI is InChI=1S/C5H12BNO2/c1-5(2)3-8-6(7)9-4-5/h3-4,7H2,1-2H3. The van der Waals surface area contributed by atoms with Gasteiger partial charge in [0.05, 0.1) is 0 Å². The van der Waals surface area contributed by atoms with Gasteiger partial charge < -0.3 is 15.0 Å². The van der Waals surface area contributed by atoms with Gasteiger partial charge in [-0.15, -0.1) is 0 Å². The molecule has 0 unspecified atom stereocenters. The quantitative estimate of drug-likeness (QED) is 0.468. The van der Waals surface area contributed by atoms with E-state index in [9.17, 15) is 0 Å². The van der Waals surface area contributed by atoms with Crippen LogP contribution in [-0.4, -0.2) is 20.5 Å². The molecule has 1 rings (SSSR count). The average molecular weight is 129 g/mol. The Bertz CT molecular complexity index is 97.1. The highest BCUT2D eigenvalue weighted by Gasteiger charge is 2.29. The number of rotatable bonds is 0. The lowest BCUT2D eigenvalue weighted by Crippen LogP contribution is -2.45. The molecule has 0 aliphatic carbocycles. The molecule has 0 amide bonds. The molecule has 3 nitrogen and oxygen atoms in total. The maximum atomic E-state index is 5.31. The third-order valence-corrected chi connectivity index (χ3v) is 1.28. The summed E-state index contributed by atoms with van der Waals surface area (Å²) in [4.78, 5) is 0. The van der Waals surface area contributed by atoms with Crippen molar-refractivity contribution in [3.05, 3.63) is 0 Å². The van der Waals surface area contributed by atoms with E-state index in [1.165, 1.54) is 0 Å². The summed E-state index contributed by atoms with van der Waals surface area (Å²) in [5.74, 6) is 0. The molecule has 9 heavy (non-hydrogen) atoms. The summed E-state index contributed by atoms with van der Waals surface area (Å²) in [6.45, 7) is 5.54. The smallest absolute Gasteiger partial charge is 0.397 e. The lowest BCUT2D eigenvalue weighted by atomic mass is 9.92. The van der Waals surface area contributed by atoms with E-state index in [1.807, 2.05) is 0 Å². The van der Waals surface area contributed by atoms with Gasteiger partial charge in [0.1, 0.15) is 0 Å². The van der Waals surface area contributed by atoms with Gasteiger partial charge in [-0.3, -0.25) is 0 Å². The van der Waals surface area contributed by atoms with Crippen molar-refractivity contribution in [3.8, 4) is 0 Å². The van der Waals surface area contributed by atoms with Crippen molar-refractivity contribution in [1.82, 2.24) is 0 Å². The van der Waals surface area contributed by atoms with Gasteiger partial charge in [0.2, 0.25) is 0 Å². The molecule has 0 aromatic rings. The highest BCUT2D eigenvalue weighted by molar-refractivity contribution is 6.40. The summed E-state index contributed by atoms with van der Waals surface area (Å²) in [7, 11) is -0.502. The van der Waals surface area contributed by atoms with Crippen LogP contribution >= 0.6 is 0 Å². The predicted molar refractivity (Wildman–Crippen MR) is 35.6 cm³/mol. The van der Waals surface area contributed by atoms with E-state index < -0.39 is 7.25 Å². The number of hydrogen-bond acceptors (Lipinski definition) is 3. The zero-order valence-electron chi connectivity index (χ0n) is 5.89. The monoisotopic (exact) mass is 129 g/mol. The molecule has 2 N–H and O–H groups in total. The van der Waals surface area contributed by atoms with E-state index in [2.05, 4.69) is 13.8 Å². The van der Waals surface area contributed by atoms with Crippen LogP contribution in [0.15, 0.2) is 0 Å². The van der Waals surface area contributed by atoms with Crippen molar-refractivity contribution < 1.29 is 9.31 Å². The maximum absolute atomic E-state index is 5.31. The molecule has 0 aromatic heterocycles. The molecule has 1 aliphatic rings. The molecule has 0 atom stereocenters. The second kappa shape index (κ2) is 2.29. The third kappa shape index (κ3) is 1.97. The fraction of sp³-hybridized carbons (Fsp3) is 1.00. The lowest BCUT2D eigenvalue weighted by Gasteiger charge is -2.30. The Labute approximate surface area is 55.7 Å². The van der Waals surface area contributed by atoms with E-state index >= 15 is 0 Å². The van der Waals surface area contributed by atoms with Crippen molar-refractivity contribution in [2.75, 3.05) is 13.2 Å². The van der Waals surface area contributed by atoms with Crippen molar-refractivity contribution in [2.45, 2.75) is 13.8 Å². The van der Waals surface area contributed by atoms with Crippen LogP contribution in [0.1, 0.15) is 13.8 Å². The SMILES string of the molecule is CC1(C)COB(N)OC1. The molecule has 0 spiro atoms. The fourth-order valence-corrected chi connectivity index (χ4v) is 0.705.